The second-order valence-corrected chi connectivity index (χ2v) is 7.62. The van der Waals surface area contributed by atoms with E-state index in [2.05, 4.69) is 10.3 Å². The van der Waals surface area contributed by atoms with Crippen LogP contribution in [0.25, 0.3) is 22.0 Å². The second-order valence-electron chi connectivity index (χ2n) is 7.62. The van der Waals surface area contributed by atoms with E-state index in [0.717, 1.165) is 27.7 Å². The van der Waals surface area contributed by atoms with Crippen molar-refractivity contribution < 1.29 is 9.21 Å². The maximum Gasteiger partial charge on any atom is 0.259 e. The van der Waals surface area contributed by atoms with Crippen LogP contribution in [-0.2, 0) is 7.05 Å². The third-order valence-electron chi connectivity index (χ3n) is 5.32. The van der Waals surface area contributed by atoms with E-state index in [1.54, 1.807) is 37.7 Å². The number of hydrogen-bond acceptors (Lipinski definition) is 4. The second kappa shape index (κ2) is 7.30. The third kappa shape index (κ3) is 3.41. The van der Waals surface area contributed by atoms with Gasteiger partial charge in [0.05, 0.1) is 11.1 Å². The molecule has 0 spiro atoms. The summed E-state index contributed by atoms with van der Waals surface area (Å²) in [5.41, 5.74) is 5.00. The minimum atomic E-state index is -0.245. The number of furan rings is 1. The predicted molar refractivity (Wildman–Crippen MR) is 118 cm³/mol. The third-order valence-corrected chi connectivity index (χ3v) is 5.32. The van der Waals surface area contributed by atoms with Gasteiger partial charge in [-0.25, -0.2) is 0 Å². The van der Waals surface area contributed by atoms with Crippen molar-refractivity contribution in [2.24, 2.45) is 7.05 Å². The number of pyridine rings is 2. The average Bonchev–Trinajstić information content (AvgIpc) is 3.05. The molecule has 3 aromatic heterocycles. The minimum absolute atomic E-state index is 0.0963. The minimum Gasteiger partial charge on any atom is -0.466 e. The molecule has 0 aliphatic carbocycles. The molecule has 152 valence electrons. The van der Waals surface area contributed by atoms with E-state index in [1.165, 1.54) is 0 Å². The van der Waals surface area contributed by atoms with Crippen LogP contribution < -0.4 is 10.9 Å². The van der Waals surface area contributed by atoms with E-state index in [1.807, 2.05) is 44.2 Å². The van der Waals surface area contributed by atoms with Crippen LogP contribution >= 0.6 is 0 Å². The number of carbonyl (C=O) groups is 1. The number of aryl methyl sites for hydroxylation is 5. The lowest BCUT2D eigenvalue weighted by atomic mass is 9.99. The molecule has 0 atom stereocenters. The number of amides is 1. The molecule has 1 amide bonds. The van der Waals surface area contributed by atoms with Gasteiger partial charge < -0.3 is 14.3 Å². The zero-order valence-corrected chi connectivity index (χ0v) is 17.7. The van der Waals surface area contributed by atoms with Crippen molar-refractivity contribution >= 4 is 22.5 Å². The van der Waals surface area contributed by atoms with E-state index in [0.29, 0.717) is 28.3 Å². The molecule has 1 N–H and O–H groups in total. The summed E-state index contributed by atoms with van der Waals surface area (Å²) in [6.45, 7) is 7.41. The first kappa shape index (κ1) is 19.6. The van der Waals surface area contributed by atoms with Crippen LogP contribution in [0, 0.1) is 27.7 Å². The van der Waals surface area contributed by atoms with E-state index >= 15 is 0 Å². The van der Waals surface area contributed by atoms with Crippen molar-refractivity contribution in [2.45, 2.75) is 27.7 Å². The first-order chi connectivity index (χ1) is 14.2. The standard InChI is InChI=1S/C24H23N3O3/c1-13-6-7-18(26-23(28)20-9-15(3)30-16(20)4)11-19(13)21-10-17-12-25-14(2)8-22(17)27(5)24(21)29/h6-12H,1-5H3,(H,26,28). The molecule has 6 nitrogen and oxygen atoms in total. The molecule has 0 fully saturated rings. The van der Waals surface area contributed by atoms with Gasteiger partial charge in [0.15, 0.2) is 0 Å². The van der Waals surface area contributed by atoms with Gasteiger partial charge in [0.2, 0.25) is 0 Å². The van der Waals surface area contributed by atoms with Gasteiger partial charge in [-0.05, 0) is 69.2 Å². The largest absolute Gasteiger partial charge is 0.466 e. The normalized spacial score (nSPS) is 11.1. The summed E-state index contributed by atoms with van der Waals surface area (Å²) in [6, 6.07) is 11.0. The Morgan fingerprint density at radius 2 is 1.80 bits per heavy atom. The van der Waals surface area contributed by atoms with Crippen molar-refractivity contribution in [1.82, 2.24) is 9.55 Å². The SMILES string of the molecule is Cc1cc2c(cn1)cc(-c1cc(NC(=O)c3cc(C)oc3C)ccc1C)c(=O)n2C. The molecule has 0 radical (unpaired) electrons. The Bertz CT molecular complexity index is 1360. The van der Waals surface area contributed by atoms with Crippen LogP contribution in [0.2, 0.25) is 0 Å². The summed E-state index contributed by atoms with van der Waals surface area (Å²) in [7, 11) is 1.76. The molecule has 0 aliphatic rings. The predicted octanol–water partition coefficient (Wildman–Crippen LogP) is 4.68. The molecule has 1 aromatic carbocycles. The summed E-state index contributed by atoms with van der Waals surface area (Å²) >= 11 is 0. The summed E-state index contributed by atoms with van der Waals surface area (Å²) in [4.78, 5) is 30.1. The molecular weight excluding hydrogens is 378 g/mol. The van der Waals surface area contributed by atoms with Gasteiger partial charge in [-0.1, -0.05) is 6.07 Å². The average molecular weight is 401 g/mol. The highest BCUT2D eigenvalue weighted by atomic mass is 16.3. The number of aromatic nitrogens is 2. The quantitative estimate of drug-likeness (QED) is 0.541. The van der Waals surface area contributed by atoms with Gasteiger partial charge in [0.1, 0.15) is 11.5 Å². The highest BCUT2D eigenvalue weighted by Crippen LogP contribution is 2.27. The number of nitrogens with zero attached hydrogens (tertiary/aromatic N) is 2. The fraction of sp³-hybridized carbons (Fsp3) is 0.208. The first-order valence-corrected chi connectivity index (χ1v) is 9.70. The fourth-order valence-corrected chi connectivity index (χ4v) is 3.70. The van der Waals surface area contributed by atoms with E-state index in [-0.39, 0.29) is 11.5 Å². The van der Waals surface area contributed by atoms with Crippen LogP contribution in [0.3, 0.4) is 0 Å². The van der Waals surface area contributed by atoms with Crippen molar-refractivity contribution in [2.75, 3.05) is 5.32 Å². The van der Waals surface area contributed by atoms with Crippen LogP contribution in [0.15, 0.2) is 51.8 Å². The van der Waals surface area contributed by atoms with Gasteiger partial charge in [-0.3, -0.25) is 14.6 Å². The highest BCUT2D eigenvalue weighted by Gasteiger charge is 2.16. The number of nitrogens with one attached hydrogen (secondary N) is 1. The molecular formula is C24H23N3O3. The van der Waals surface area contributed by atoms with Crippen molar-refractivity contribution in [1.29, 1.82) is 0 Å². The molecule has 0 saturated heterocycles. The zero-order chi connectivity index (χ0) is 21.6. The Morgan fingerprint density at radius 3 is 2.50 bits per heavy atom. The van der Waals surface area contributed by atoms with Gasteiger partial charge in [-0.15, -0.1) is 0 Å². The zero-order valence-electron chi connectivity index (χ0n) is 17.7. The maximum atomic E-state index is 13.1. The highest BCUT2D eigenvalue weighted by molar-refractivity contribution is 6.05. The number of fused-ring (bicyclic) bond motifs is 1. The fourth-order valence-electron chi connectivity index (χ4n) is 3.70. The summed E-state index contributed by atoms with van der Waals surface area (Å²) in [5, 5.41) is 3.79. The van der Waals surface area contributed by atoms with Crippen LogP contribution in [0.5, 0.6) is 0 Å². The molecule has 4 aromatic rings. The topological polar surface area (TPSA) is 77.1 Å². The lowest BCUT2D eigenvalue weighted by Gasteiger charge is -2.13. The molecule has 0 bridgehead atoms. The Morgan fingerprint density at radius 1 is 1.03 bits per heavy atom. The molecule has 0 aliphatic heterocycles. The number of carbonyl (C=O) groups excluding carboxylic acids is 1. The molecule has 6 heteroatoms. The number of rotatable bonds is 3. The lowest BCUT2D eigenvalue weighted by molar-refractivity contribution is 0.102. The number of anilines is 1. The van der Waals surface area contributed by atoms with Gasteiger partial charge in [-0.2, -0.15) is 0 Å². The Hall–Kier alpha value is -3.67. The van der Waals surface area contributed by atoms with Crippen molar-refractivity contribution in [3.63, 3.8) is 0 Å². The monoisotopic (exact) mass is 401 g/mol. The number of hydrogen-bond donors (Lipinski definition) is 1. The van der Waals surface area contributed by atoms with Gasteiger partial charge in [0, 0.05) is 35.6 Å². The molecule has 30 heavy (non-hydrogen) atoms. The van der Waals surface area contributed by atoms with Gasteiger partial charge in [0.25, 0.3) is 11.5 Å². The Labute approximate surface area is 174 Å². The van der Waals surface area contributed by atoms with Crippen LogP contribution in [0.4, 0.5) is 5.69 Å². The van der Waals surface area contributed by atoms with Crippen molar-refractivity contribution in [3.8, 4) is 11.1 Å². The molecule has 0 saturated carbocycles. The summed E-state index contributed by atoms with van der Waals surface area (Å²) in [5.74, 6) is 1.01. The number of benzene rings is 1. The smallest absolute Gasteiger partial charge is 0.259 e. The lowest BCUT2D eigenvalue weighted by Crippen LogP contribution is -2.19. The summed E-state index contributed by atoms with van der Waals surface area (Å²) in [6.07, 6.45) is 1.78. The summed E-state index contributed by atoms with van der Waals surface area (Å²) < 4.78 is 7.09. The first-order valence-electron chi connectivity index (χ1n) is 9.70. The molecule has 4 rings (SSSR count). The van der Waals surface area contributed by atoms with Crippen molar-refractivity contribution in [3.05, 3.63) is 81.3 Å². The van der Waals surface area contributed by atoms with Gasteiger partial charge >= 0.3 is 0 Å². The Balaban J connectivity index is 1.78. The van der Waals surface area contributed by atoms with E-state index in [9.17, 15) is 9.59 Å². The molecule has 3 heterocycles. The maximum absolute atomic E-state index is 13.1. The van der Waals surface area contributed by atoms with Crippen LogP contribution in [0.1, 0.15) is 33.1 Å². The van der Waals surface area contributed by atoms with Crippen LogP contribution in [-0.4, -0.2) is 15.5 Å². The van der Waals surface area contributed by atoms with E-state index in [4.69, 9.17) is 4.42 Å². The Kier molecular flexibility index (Phi) is 4.78. The van der Waals surface area contributed by atoms with E-state index < -0.39 is 0 Å². The molecule has 0 unspecified atom stereocenters.